The predicted molar refractivity (Wildman–Crippen MR) is 125 cm³/mol. The van der Waals surface area contributed by atoms with Crippen LogP contribution in [-0.2, 0) is 32.5 Å². The smallest absolute Gasteiger partial charge is 0.481 e. The van der Waals surface area contributed by atoms with Gasteiger partial charge in [-0.2, -0.15) is 21.6 Å². The zero-order chi connectivity index (χ0) is 26.3. The minimum atomic E-state index is -6.14. The second-order valence-corrected chi connectivity index (χ2v) is 9.42. The molecule has 0 atom stereocenters. The van der Waals surface area contributed by atoms with E-state index in [-0.39, 0.29) is 27.6 Å². The second-order valence-electron chi connectivity index (χ2n) is 7.89. The highest BCUT2D eigenvalue weighted by atomic mass is 32.2. The fraction of sp³-hybridized carbons (Fsp3) is 0.120. The van der Waals surface area contributed by atoms with Gasteiger partial charge in [0.1, 0.15) is 0 Å². The maximum Gasteiger partial charge on any atom is 0.534 e. The molecule has 0 unspecified atom stereocenters. The molecule has 0 aliphatic rings. The summed E-state index contributed by atoms with van der Waals surface area (Å²) in [5, 5.41) is 20.8. The molecule has 0 spiro atoms. The van der Waals surface area contributed by atoms with Crippen LogP contribution in [0.4, 0.5) is 13.2 Å². The molecular weight excluding hydrogens is 501 g/mol. The van der Waals surface area contributed by atoms with Gasteiger partial charge in [0.2, 0.25) is 0 Å². The molecule has 36 heavy (non-hydrogen) atoms. The van der Waals surface area contributed by atoms with Gasteiger partial charge in [0.25, 0.3) is 0 Å². The van der Waals surface area contributed by atoms with Crippen molar-refractivity contribution < 1.29 is 45.6 Å². The lowest BCUT2D eigenvalue weighted by atomic mass is 9.86. The summed E-state index contributed by atoms with van der Waals surface area (Å²) in [6.45, 7) is 0. The van der Waals surface area contributed by atoms with E-state index in [1.165, 1.54) is 18.2 Å². The van der Waals surface area contributed by atoms with Crippen LogP contribution in [0.3, 0.4) is 0 Å². The van der Waals surface area contributed by atoms with Crippen LogP contribution in [0.15, 0.2) is 66.7 Å². The first kappa shape index (κ1) is 25.0. The van der Waals surface area contributed by atoms with E-state index in [2.05, 4.69) is 4.18 Å². The number of aliphatic carboxylic acids is 2. The molecule has 0 aliphatic heterocycles. The number of hydrogen-bond donors (Lipinski definition) is 2. The zero-order valence-electron chi connectivity index (χ0n) is 18.2. The van der Waals surface area contributed by atoms with Crippen LogP contribution >= 0.6 is 0 Å². The average Bonchev–Trinajstić information content (AvgIpc) is 2.78. The summed E-state index contributed by atoms with van der Waals surface area (Å²) in [6.07, 6.45) is -1.26. The molecule has 0 saturated heterocycles. The summed E-state index contributed by atoms with van der Waals surface area (Å²) < 4.78 is 68.3. The van der Waals surface area contributed by atoms with Crippen molar-refractivity contribution in [3.63, 3.8) is 0 Å². The number of fused-ring (bicyclic) bond motifs is 2. The molecule has 0 heterocycles. The largest absolute Gasteiger partial charge is 0.534 e. The Morgan fingerprint density at radius 1 is 0.778 bits per heavy atom. The summed E-state index contributed by atoms with van der Waals surface area (Å²) >= 11 is 0. The van der Waals surface area contributed by atoms with Crippen LogP contribution in [-0.4, -0.2) is 36.1 Å². The molecule has 4 rings (SSSR count). The van der Waals surface area contributed by atoms with Gasteiger partial charge in [-0.1, -0.05) is 60.7 Å². The average molecular weight is 518 g/mol. The summed E-state index contributed by atoms with van der Waals surface area (Å²) in [7, 11) is -6.14. The van der Waals surface area contributed by atoms with Crippen molar-refractivity contribution in [2.24, 2.45) is 0 Å². The highest BCUT2D eigenvalue weighted by Crippen LogP contribution is 2.44. The first-order valence-corrected chi connectivity index (χ1v) is 11.8. The number of benzene rings is 4. The Hall–Kier alpha value is -4.12. The van der Waals surface area contributed by atoms with E-state index in [1.807, 2.05) is 0 Å². The van der Waals surface area contributed by atoms with Gasteiger partial charge < -0.3 is 14.4 Å². The Balaban J connectivity index is 2.17. The fourth-order valence-corrected chi connectivity index (χ4v) is 4.63. The van der Waals surface area contributed by atoms with E-state index in [4.69, 9.17) is 0 Å². The lowest BCUT2D eigenvalue weighted by Gasteiger charge is -2.21. The maximum atomic E-state index is 13.3. The fourth-order valence-electron chi connectivity index (χ4n) is 4.17. The Labute approximate surface area is 202 Å². The number of alkyl halides is 3. The molecule has 4 aromatic rings. The Morgan fingerprint density at radius 3 is 1.89 bits per heavy atom. The van der Waals surface area contributed by atoms with Crippen LogP contribution in [0.2, 0.25) is 0 Å². The van der Waals surface area contributed by atoms with Crippen LogP contribution in [0.5, 0.6) is 5.75 Å². The minimum absolute atomic E-state index is 0.0186. The molecule has 0 radical (unpaired) electrons. The minimum Gasteiger partial charge on any atom is -0.481 e. The van der Waals surface area contributed by atoms with Gasteiger partial charge in [0.15, 0.2) is 5.75 Å². The van der Waals surface area contributed by atoms with Crippen molar-refractivity contribution >= 4 is 43.6 Å². The molecule has 4 aromatic carbocycles. The number of carboxylic acid groups (broad SMARTS) is 2. The van der Waals surface area contributed by atoms with E-state index in [9.17, 15) is 41.4 Å². The molecule has 7 nitrogen and oxygen atoms in total. The third-order valence-electron chi connectivity index (χ3n) is 5.57. The van der Waals surface area contributed by atoms with Gasteiger partial charge >= 0.3 is 27.6 Å². The van der Waals surface area contributed by atoms with Crippen molar-refractivity contribution in [1.82, 2.24) is 0 Å². The Morgan fingerprint density at radius 2 is 1.31 bits per heavy atom. The van der Waals surface area contributed by atoms with Crippen molar-refractivity contribution in [3.05, 3.63) is 77.9 Å². The van der Waals surface area contributed by atoms with Gasteiger partial charge in [-0.15, -0.1) is 0 Å². The molecule has 0 amide bonds. The Kier molecular flexibility index (Phi) is 6.35. The second kappa shape index (κ2) is 9.15. The molecule has 0 bridgehead atoms. The highest BCUT2D eigenvalue weighted by Gasteiger charge is 2.49. The van der Waals surface area contributed by atoms with Crippen LogP contribution in [0.25, 0.3) is 32.7 Å². The lowest BCUT2D eigenvalue weighted by Crippen LogP contribution is -2.28. The SMILES string of the molecule is O=C(O)Cc1c(-c2c(OS(=O)(=O)C(F)(F)F)cc3ccccc3c2CC(=O)O)ccc2ccccc12. The van der Waals surface area contributed by atoms with Crippen molar-refractivity contribution in [1.29, 1.82) is 0 Å². The number of hydrogen-bond acceptors (Lipinski definition) is 5. The standard InChI is InChI=1S/C25H17F3O7S/c26-25(27,28)36(33,34)35-21-11-15-6-2-4-8-17(15)20(13-23(31)32)24(21)18-10-9-14-5-1-3-7-16(14)19(18)12-22(29)30/h1-11H,12-13H2,(H,29,30)(H,31,32). The molecule has 186 valence electrons. The molecular formula is C25H17F3O7S. The topological polar surface area (TPSA) is 118 Å². The van der Waals surface area contributed by atoms with Crippen molar-refractivity contribution in [2.75, 3.05) is 0 Å². The molecule has 0 aliphatic carbocycles. The molecule has 0 fully saturated rings. The van der Waals surface area contributed by atoms with E-state index in [0.29, 0.717) is 16.2 Å². The van der Waals surface area contributed by atoms with Crippen LogP contribution in [0, 0.1) is 0 Å². The first-order valence-electron chi connectivity index (χ1n) is 10.4. The number of rotatable bonds is 7. The van der Waals surface area contributed by atoms with Crippen LogP contribution < -0.4 is 4.18 Å². The van der Waals surface area contributed by atoms with E-state index in [1.54, 1.807) is 42.5 Å². The molecule has 0 saturated carbocycles. The number of carbonyl (C=O) groups is 2. The van der Waals surface area contributed by atoms with Crippen molar-refractivity contribution in [2.45, 2.75) is 18.3 Å². The van der Waals surface area contributed by atoms with Gasteiger partial charge in [-0.3, -0.25) is 9.59 Å². The maximum absolute atomic E-state index is 13.3. The van der Waals surface area contributed by atoms with Gasteiger partial charge in [-0.05, 0) is 44.3 Å². The third kappa shape index (κ3) is 4.69. The summed E-state index contributed by atoms with van der Waals surface area (Å²) in [6, 6.07) is 16.9. The zero-order valence-corrected chi connectivity index (χ0v) is 19.1. The predicted octanol–water partition coefficient (Wildman–Crippen LogP) is 5.14. The number of halogens is 3. The first-order chi connectivity index (χ1) is 16.9. The van der Waals surface area contributed by atoms with Gasteiger partial charge in [0, 0.05) is 5.56 Å². The summed E-state index contributed by atoms with van der Waals surface area (Å²) in [5.41, 5.74) is -5.81. The Bertz CT molecular complexity index is 1630. The summed E-state index contributed by atoms with van der Waals surface area (Å²) in [4.78, 5) is 23.5. The van der Waals surface area contributed by atoms with Crippen LogP contribution in [0.1, 0.15) is 11.1 Å². The quantitative estimate of drug-likeness (QED) is 0.257. The normalized spacial score (nSPS) is 12.1. The van der Waals surface area contributed by atoms with E-state index >= 15 is 0 Å². The lowest BCUT2D eigenvalue weighted by molar-refractivity contribution is -0.137. The molecule has 2 N–H and O–H groups in total. The third-order valence-corrected chi connectivity index (χ3v) is 6.54. The van der Waals surface area contributed by atoms with Gasteiger partial charge in [-0.25, -0.2) is 0 Å². The van der Waals surface area contributed by atoms with E-state index < -0.39 is 46.2 Å². The molecule has 0 aromatic heterocycles. The van der Waals surface area contributed by atoms with E-state index in [0.717, 1.165) is 6.07 Å². The summed E-state index contributed by atoms with van der Waals surface area (Å²) in [5.74, 6) is -3.35. The van der Waals surface area contributed by atoms with Crippen molar-refractivity contribution in [3.8, 4) is 16.9 Å². The van der Waals surface area contributed by atoms with Gasteiger partial charge in [0.05, 0.1) is 12.8 Å². The highest BCUT2D eigenvalue weighted by molar-refractivity contribution is 7.88. The molecule has 11 heteroatoms. The number of carboxylic acids is 2. The monoisotopic (exact) mass is 518 g/mol.